The van der Waals surface area contributed by atoms with Crippen molar-refractivity contribution in [2.75, 3.05) is 6.26 Å². The lowest BCUT2D eigenvalue weighted by Gasteiger charge is -2.07. The normalized spacial score (nSPS) is 13.4. The van der Waals surface area contributed by atoms with Crippen molar-refractivity contribution >= 4 is 22.8 Å². The van der Waals surface area contributed by atoms with E-state index in [-0.39, 0.29) is 0 Å². The Labute approximate surface area is 81.8 Å². The van der Waals surface area contributed by atoms with Gasteiger partial charge in [-0.3, -0.25) is 0 Å². The van der Waals surface area contributed by atoms with Crippen molar-refractivity contribution in [2.45, 2.75) is 12.2 Å². The zero-order valence-electron chi connectivity index (χ0n) is 7.74. The van der Waals surface area contributed by atoms with Crippen molar-refractivity contribution in [2.24, 2.45) is 0 Å². The van der Waals surface area contributed by atoms with Gasteiger partial charge in [0.2, 0.25) is 0 Å². The molecular formula is C10H12N2S. The number of hydrogen-bond acceptors (Lipinski definition) is 2. The summed E-state index contributed by atoms with van der Waals surface area (Å²) in [6, 6.07) is 6.39. The van der Waals surface area contributed by atoms with E-state index in [4.69, 9.17) is 0 Å². The molecule has 0 fully saturated rings. The molecule has 0 bridgehead atoms. The first-order chi connectivity index (χ1) is 6.31. The van der Waals surface area contributed by atoms with Gasteiger partial charge in [0.15, 0.2) is 0 Å². The summed E-state index contributed by atoms with van der Waals surface area (Å²) < 4.78 is 0. The standard InChI is InChI=1S/C10H12N2S/c1-7(13-2)8-3-4-9-10(5-8)12-6-11-9/h3-7H,1-2H3,(H,11,12). The average molecular weight is 192 g/mol. The molecule has 1 N–H and O–H groups in total. The number of rotatable bonds is 2. The van der Waals surface area contributed by atoms with E-state index >= 15 is 0 Å². The first-order valence-electron chi connectivity index (χ1n) is 4.27. The van der Waals surface area contributed by atoms with Crippen LogP contribution in [-0.4, -0.2) is 16.2 Å². The molecule has 0 aliphatic rings. The largest absolute Gasteiger partial charge is 0.345 e. The van der Waals surface area contributed by atoms with Crippen LogP contribution >= 0.6 is 11.8 Å². The number of aromatic amines is 1. The number of fused-ring (bicyclic) bond motifs is 1. The minimum atomic E-state index is 0.543. The Morgan fingerprint density at radius 2 is 2.31 bits per heavy atom. The molecule has 0 amide bonds. The molecule has 1 aromatic carbocycles. The highest BCUT2D eigenvalue weighted by Gasteiger charge is 2.04. The zero-order chi connectivity index (χ0) is 9.26. The van der Waals surface area contributed by atoms with E-state index in [0.717, 1.165) is 11.0 Å². The smallest absolute Gasteiger partial charge is 0.0931 e. The van der Waals surface area contributed by atoms with Gasteiger partial charge in [-0.25, -0.2) is 4.98 Å². The Morgan fingerprint density at radius 3 is 3.08 bits per heavy atom. The minimum Gasteiger partial charge on any atom is -0.345 e. The van der Waals surface area contributed by atoms with Crippen molar-refractivity contribution < 1.29 is 0 Å². The molecule has 13 heavy (non-hydrogen) atoms. The molecule has 0 aliphatic heterocycles. The van der Waals surface area contributed by atoms with E-state index in [2.05, 4.69) is 41.3 Å². The quantitative estimate of drug-likeness (QED) is 0.792. The topological polar surface area (TPSA) is 28.7 Å². The lowest BCUT2D eigenvalue weighted by molar-refractivity contribution is 1.11. The van der Waals surface area contributed by atoms with Crippen molar-refractivity contribution in [1.29, 1.82) is 0 Å². The number of H-pyrrole nitrogens is 1. The van der Waals surface area contributed by atoms with Gasteiger partial charge in [0.1, 0.15) is 0 Å². The van der Waals surface area contributed by atoms with E-state index in [0.29, 0.717) is 5.25 Å². The second kappa shape index (κ2) is 3.42. The highest BCUT2D eigenvalue weighted by atomic mass is 32.2. The maximum absolute atomic E-state index is 4.23. The number of aromatic nitrogens is 2. The van der Waals surface area contributed by atoms with Gasteiger partial charge in [0.25, 0.3) is 0 Å². The Kier molecular flexibility index (Phi) is 2.27. The molecular weight excluding hydrogens is 180 g/mol. The summed E-state index contributed by atoms with van der Waals surface area (Å²) in [7, 11) is 0. The maximum Gasteiger partial charge on any atom is 0.0931 e. The molecule has 1 aromatic heterocycles. The van der Waals surface area contributed by atoms with E-state index < -0.39 is 0 Å². The molecule has 3 heteroatoms. The number of thioether (sulfide) groups is 1. The lowest BCUT2D eigenvalue weighted by atomic mass is 10.1. The lowest BCUT2D eigenvalue weighted by Crippen LogP contribution is -1.86. The Morgan fingerprint density at radius 1 is 1.46 bits per heavy atom. The van der Waals surface area contributed by atoms with Crippen LogP contribution in [0.15, 0.2) is 24.5 Å². The van der Waals surface area contributed by atoms with Crippen molar-refractivity contribution in [3.63, 3.8) is 0 Å². The third-order valence-electron chi connectivity index (χ3n) is 2.27. The van der Waals surface area contributed by atoms with Crippen LogP contribution in [0.4, 0.5) is 0 Å². The second-order valence-corrected chi connectivity index (χ2v) is 4.24. The number of hydrogen-bond donors (Lipinski definition) is 1. The third-order valence-corrected chi connectivity index (χ3v) is 3.25. The fourth-order valence-corrected chi connectivity index (χ4v) is 1.76. The van der Waals surface area contributed by atoms with Gasteiger partial charge in [-0.1, -0.05) is 6.07 Å². The fraction of sp³-hybridized carbons (Fsp3) is 0.300. The van der Waals surface area contributed by atoms with Gasteiger partial charge in [0, 0.05) is 5.25 Å². The summed E-state index contributed by atoms with van der Waals surface area (Å²) in [5, 5.41) is 0.543. The molecule has 2 nitrogen and oxygen atoms in total. The third kappa shape index (κ3) is 1.56. The summed E-state index contributed by atoms with van der Waals surface area (Å²) in [6.45, 7) is 2.21. The van der Waals surface area contributed by atoms with Gasteiger partial charge < -0.3 is 4.98 Å². The van der Waals surface area contributed by atoms with Crippen LogP contribution in [0.3, 0.4) is 0 Å². The van der Waals surface area contributed by atoms with Crippen LogP contribution in [0, 0.1) is 0 Å². The van der Waals surface area contributed by atoms with Gasteiger partial charge in [-0.15, -0.1) is 0 Å². The molecule has 2 rings (SSSR count). The first kappa shape index (κ1) is 8.63. The van der Waals surface area contributed by atoms with Crippen molar-refractivity contribution in [1.82, 2.24) is 9.97 Å². The van der Waals surface area contributed by atoms with E-state index in [9.17, 15) is 0 Å². The predicted octanol–water partition coefficient (Wildman–Crippen LogP) is 2.99. The van der Waals surface area contributed by atoms with Crippen molar-refractivity contribution in [3.8, 4) is 0 Å². The average Bonchev–Trinajstić information content (AvgIpc) is 2.63. The molecule has 0 aliphatic carbocycles. The Balaban J connectivity index is 2.48. The van der Waals surface area contributed by atoms with Crippen LogP contribution < -0.4 is 0 Å². The molecule has 1 atom stereocenters. The van der Waals surface area contributed by atoms with Crippen molar-refractivity contribution in [3.05, 3.63) is 30.1 Å². The van der Waals surface area contributed by atoms with Gasteiger partial charge in [-0.05, 0) is 30.9 Å². The van der Waals surface area contributed by atoms with Gasteiger partial charge in [0.05, 0.1) is 17.4 Å². The highest BCUT2D eigenvalue weighted by molar-refractivity contribution is 7.98. The summed E-state index contributed by atoms with van der Waals surface area (Å²) in [5.41, 5.74) is 3.50. The Hall–Kier alpha value is -0.960. The van der Waals surface area contributed by atoms with Gasteiger partial charge >= 0.3 is 0 Å². The van der Waals surface area contributed by atoms with Crippen LogP contribution in [0.2, 0.25) is 0 Å². The molecule has 1 unspecified atom stereocenters. The second-order valence-electron chi connectivity index (χ2n) is 3.06. The molecule has 0 saturated carbocycles. The zero-order valence-corrected chi connectivity index (χ0v) is 8.56. The van der Waals surface area contributed by atoms with Crippen LogP contribution in [0.1, 0.15) is 17.7 Å². The van der Waals surface area contributed by atoms with E-state index in [1.165, 1.54) is 5.56 Å². The SMILES string of the molecule is CSC(C)c1ccc2[nH]cnc2c1. The molecule has 0 saturated heterocycles. The van der Waals surface area contributed by atoms with Crippen LogP contribution in [0.5, 0.6) is 0 Å². The van der Waals surface area contributed by atoms with Crippen LogP contribution in [0.25, 0.3) is 11.0 Å². The van der Waals surface area contributed by atoms with E-state index in [1.807, 2.05) is 11.8 Å². The van der Waals surface area contributed by atoms with Gasteiger partial charge in [-0.2, -0.15) is 11.8 Å². The molecule has 1 heterocycles. The number of benzene rings is 1. The maximum atomic E-state index is 4.23. The number of nitrogens with zero attached hydrogens (tertiary/aromatic N) is 1. The van der Waals surface area contributed by atoms with E-state index in [1.54, 1.807) is 6.33 Å². The predicted molar refractivity (Wildman–Crippen MR) is 58.0 cm³/mol. The Bertz CT molecular complexity index is 408. The number of nitrogens with one attached hydrogen (secondary N) is 1. The first-order valence-corrected chi connectivity index (χ1v) is 5.56. The molecule has 2 aromatic rings. The summed E-state index contributed by atoms with van der Waals surface area (Å²) in [4.78, 5) is 7.32. The number of imidazole rings is 1. The van der Waals surface area contributed by atoms with Crippen LogP contribution in [-0.2, 0) is 0 Å². The fourth-order valence-electron chi connectivity index (χ4n) is 1.34. The molecule has 0 spiro atoms. The summed E-state index contributed by atoms with van der Waals surface area (Å²) in [6.07, 6.45) is 3.86. The minimum absolute atomic E-state index is 0.543. The highest BCUT2D eigenvalue weighted by Crippen LogP contribution is 2.27. The summed E-state index contributed by atoms with van der Waals surface area (Å²) in [5.74, 6) is 0. The molecule has 68 valence electrons. The molecule has 0 radical (unpaired) electrons. The summed E-state index contributed by atoms with van der Waals surface area (Å²) >= 11 is 1.85. The monoisotopic (exact) mass is 192 g/mol.